The first-order valence-corrected chi connectivity index (χ1v) is 4.97. The van der Waals surface area contributed by atoms with E-state index in [9.17, 15) is 4.79 Å². The summed E-state index contributed by atoms with van der Waals surface area (Å²) >= 11 is 0. The van der Waals surface area contributed by atoms with Gasteiger partial charge in [-0.05, 0) is 26.0 Å². The van der Waals surface area contributed by atoms with Crippen LogP contribution in [-0.4, -0.2) is 21.8 Å². The molecule has 0 aliphatic carbocycles. The Kier molecular flexibility index (Phi) is 3.84. The molecule has 0 unspecified atom stereocenters. The summed E-state index contributed by atoms with van der Waals surface area (Å²) in [6, 6.07) is 5.34. The van der Waals surface area contributed by atoms with Crippen molar-refractivity contribution in [2.24, 2.45) is 5.73 Å². The Labute approximate surface area is 94.2 Å². The van der Waals surface area contributed by atoms with Crippen LogP contribution in [0.3, 0.4) is 0 Å². The number of amides is 1. The van der Waals surface area contributed by atoms with Gasteiger partial charge in [-0.15, -0.1) is 0 Å². The summed E-state index contributed by atoms with van der Waals surface area (Å²) in [5, 5.41) is 8.94. The highest BCUT2D eigenvalue weighted by molar-refractivity contribution is 5.65. The summed E-state index contributed by atoms with van der Waals surface area (Å²) < 4.78 is 4.95. The molecule has 3 N–H and O–H groups in total. The fraction of sp³-hybridized carbons (Fsp3) is 0.455. The molecule has 1 aromatic heterocycles. The van der Waals surface area contributed by atoms with Gasteiger partial charge in [0.05, 0.1) is 12.3 Å². The van der Waals surface area contributed by atoms with Gasteiger partial charge >= 0.3 is 6.09 Å². The zero-order valence-corrected chi connectivity index (χ0v) is 9.43. The maximum Gasteiger partial charge on any atom is 0.405 e. The van der Waals surface area contributed by atoms with E-state index in [0.29, 0.717) is 12.1 Å². The van der Waals surface area contributed by atoms with Crippen LogP contribution in [0.4, 0.5) is 4.79 Å². The normalized spacial score (nSPS) is 11.2. The van der Waals surface area contributed by atoms with E-state index in [2.05, 4.69) is 4.98 Å². The SMILES string of the molecule is CC(C)(Cc1cccc(CO)n1)OC(N)=O. The predicted octanol–water partition coefficient (Wildman–Crippen LogP) is 0.990. The molecule has 0 fully saturated rings. The highest BCUT2D eigenvalue weighted by Gasteiger charge is 2.22. The summed E-state index contributed by atoms with van der Waals surface area (Å²) in [4.78, 5) is 14.9. The smallest absolute Gasteiger partial charge is 0.405 e. The van der Waals surface area contributed by atoms with E-state index >= 15 is 0 Å². The van der Waals surface area contributed by atoms with Gasteiger partial charge in [-0.25, -0.2) is 4.79 Å². The molecule has 0 radical (unpaired) electrons. The molecule has 0 spiro atoms. The van der Waals surface area contributed by atoms with Gasteiger partial charge in [0.1, 0.15) is 5.60 Å². The van der Waals surface area contributed by atoms with Crippen molar-refractivity contribution in [2.45, 2.75) is 32.5 Å². The largest absolute Gasteiger partial charge is 0.443 e. The molecule has 0 aromatic carbocycles. The zero-order valence-electron chi connectivity index (χ0n) is 9.43. The summed E-state index contributed by atoms with van der Waals surface area (Å²) in [5.41, 5.74) is 5.60. The Bertz CT molecular complexity index is 377. The van der Waals surface area contributed by atoms with Gasteiger partial charge < -0.3 is 15.6 Å². The van der Waals surface area contributed by atoms with Crippen LogP contribution in [0.25, 0.3) is 0 Å². The monoisotopic (exact) mass is 224 g/mol. The number of hydrogen-bond donors (Lipinski definition) is 2. The molecule has 5 heteroatoms. The van der Waals surface area contributed by atoms with Crippen molar-refractivity contribution in [3.8, 4) is 0 Å². The van der Waals surface area contributed by atoms with Crippen LogP contribution in [0.5, 0.6) is 0 Å². The molecule has 0 atom stereocenters. The minimum absolute atomic E-state index is 0.106. The molecule has 5 nitrogen and oxygen atoms in total. The number of aromatic nitrogens is 1. The molecule has 0 aliphatic heterocycles. The third-order valence-electron chi connectivity index (χ3n) is 2.01. The maximum absolute atomic E-state index is 10.7. The molecule has 0 aliphatic rings. The second-order valence-electron chi connectivity index (χ2n) is 4.14. The fourth-order valence-corrected chi connectivity index (χ4v) is 1.46. The molecule has 0 bridgehead atoms. The quantitative estimate of drug-likeness (QED) is 0.798. The van der Waals surface area contributed by atoms with Crippen LogP contribution in [0.2, 0.25) is 0 Å². The Morgan fingerprint density at radius 2 is 2.12 bits per heavy atom. The number of nitrogens with two attached hydrogens (primary N) is 1. The van der Waals surface area contributed by atoms with Gasteiger partial charge in [0.25, 0.3) is 0 Å². The van der Waals surface area contributed by atoms with Gasteiger partial charge in [-0.2, -0.15) is 0 Å². The molecule has 1 rings (SSSR count). The van der Waals surface area contributed by atoms with Crippen molar-refractivity contribution in [2.75, 3.05) is 0 Å². The Morgan fingerprint density at radius 3 is 2.69 bits per heavy atom. The van der Waals surface area contributed by atoms with E-state index in [-0.39, 0.29) is 6.61 Å². The van der Waals surface area contributed by atoms with Gasteiger partial charge in [0.15, 0.2) is 0 Å². The lowest BCUT2D eigenvalue weighted by atomic mass is 10.0. The molecule has 88 valence electrons. The van der Waals surface area contributed by atoms with Crippen molar-refractivity contribution >= 4 is 6.09 Å². The Morgan fingerprint density at radius 1 is 1.50 bits per heavy atom. The number of aliphatic hydroxyl groups excluding tert-OH is 1. The van der Waals surface area contributed by atoms with Crippen LogP contribution in [0, 0.1) is 0 Å². The maximum atomic E-state index is 10.7. The zero-order chi connectivity index (χ0) is 12.2. The number of ether oxygens (including phenoxy) is 1. The van der Waals surface area contributed by atoms with E-state index in [1.165, 1.54) is 0 Å². The number of pyridine rings is 1. The first kappa shape index (κ1) is 12.4. The summed E-state index contributed by atoms with van der Waals surface area (Å²) in [5.74, 6) is 0. The number of carbonyl (C=O) groups excluding carboxylic acids is 1. The lowest BCUT2D eigenvalue weighted by Gasteiger charge is -2.23. The fourth-order valence-electron chi connectivity index (χ4n) is 1.46. The van der Waals surface area contributed by atoms with Crippen LogP contribution >= 0.6 is 0 Å². The predicted molar refractivity (Wildman–Crippen MR) is 58.6 cm³/mol. The number of primary amides is 1. The van der Waals surface area contributed by atoms with E-state index in [4.69, 9.17) is 15.6 Å². The molecule has 0 saturated heterocycles. The van der Waals surface area contributed by atoms with Gasteiger partial charge in [0.2, 0.25) is 0 Å². The molecule has 1 amide bonds. The van der Waals surface area contributed by atoms with E-state index in [0.717, 1.165) is 5.69 Å². The molecule has 1 heterocycles. The number of rotatable bonds is 4. The lowest BCUT2D eigenvalue weighted by molar-refractivity contribution is 0.0453. The minimum Gasteiger partial charge on any atom is -0.443 e. The van der Waals surface area contributed by atoms with Gasteiger partial charge in [0, 0.05) is 12.1 Å². The van der Waals surface area contributed by atoms with Gasteiger partial charge in [-0.3, -0.25) is 4.98 Å². The van der Waals surface area contributed by atoms with Crippen LogP contribution in [0.15, 0.2) is 18.2 Å². The number of nitrogens with zero attached hydrogens (tertiary/aromatic N) is 1. The molecule has 0 saturated carbocycles. The number of hydrogen-bond acceptors (Lipinski definition) is 4. The van der Waals surface area contributed by atoms with Crippen molar-refractivity contribution in [3.05, 3.63) is 29.6 Å². The standard InChI is InChI=1S/C11H16N2O3/c1-11(2,16-10(12)15)6-8-4-3-5-9(7-14)13-8/h3-5,14H,6-7H2,1-2H3,(H2,12,15). The third-order valence-corrected chi connectivity index (χ3v) is 2.01. The van der Waals surface area contributed by atoms with Crippen molar-refractivity contribution in [1.82, 2.24) is 4.98 Å². The average molecular weight is 224 g/mol. The van der Waals surface area contributed by atoms with Crippen molar-refractivity contribution < 1.29 is 14.6 Å². The molecular weight excluding hydrogens is 208 g/mol. The molecule has 1 aromatic rings. The van der Waals surface area contributed by atoms with E-state index in [1.807, 2.05) is 6.07 Å². The minimum atomic E-state index is -0.802. The first-order valence-electron chi connectivity index (χ1n) is 4.97. The second-order valence-corrected chi connectivity index (χ2v) is 4.14. The molecular formula is C11H16N2O3. The summed E-state index contributed by atoms with van der Waals surface area (Å²) in [7, 11) is 0. The average Bonchev–Trinajstić information content (AvgIpc) is 2.15. The third kappa shape index (κ3) is 3.86. The Balaban J connectivity index is 2.75. The van der Waals surface area contributed by atoms with E-state index < -0.39 is 11.7 Å². The summed E-state index contributed by atoms with van der Waals surface area (Å²) in [6.07, 6.45) is -0.354. The van der Waals surface area contributed by atoms with Crippen LogP contribution in [0.1, 0.15) is 25.2 Å². The molecule has 16 heavy (non-hydrogen) atoms. The number of aliphatic hydroxyl groups is 1. The topological polar surface area (TPSA) is 85.4 Å². The van der Waals surface area contributed by atoms with Crippen molar-refractivity contribution in [1.29, 1.82) is 0 Å². The lowest BCUT2D eigenvalue weighted by Crippen LogP contribution is -2.33. The number of carbonyl (C=O) groups is 1. The van der Waals surface area contributed by atoms with Crippen LogP contribution in [-0.2, 0) is 17.8 Å². The van der Waals surface area contributed by atoms with Crippen LogP contribution < -0.4 is 5.73 Å². The van der Waals surface area contributed by atoms with Crippen molar-refractivity contribution in [3.63, 3.8) is 0 Å². The van der Waals surface area contributed by atoms with Gasteiger partial charge in [-0.1, -0.05) is 6.07 Å². The van der Waals surface area contributed by atoms with E-state index in [1.54, 1.807) is 26.0 Å². The second kappa shape index (κ2) is 4.94. The summed E-state index contributed by atoms with van der Waals surface area (Å²) in [6.45, 7) is 3.40. The Hall–Kier alpha value is -1.62. The highest BCUT2D eigenvalue weighted by Crippen LogP contribution is 2.15. The first-order chi connectivity index (χ1) is 7.43. The highest BCUT2D eigenvalue weighted by atomic mass is 16.6.